The van der Waals surface area contributed by atoms with Gasteiger partial charge in [0.15, 0.2) is 0 Å². The number of aliphatic carboxylic acids is 1. The third-order valence-electron chi connectivity index (χ3n) is 2.67. The fourth-order valence-corrected chi connectivity index (χ4v) is 2.54. The van der Waals surface area contributed by atoms with Crippen molar-refractivity contribution >= 4 is 17.7 Å². The van der Waals surface area contributed by atoms with E-state index in [1.54, 1.807) is 0 Å². The first-order valence-corrected chi connectivity index (χ1v) is 6.42. The van der Waals surface area contributed by atoms with Crippen LogP contribution in [0.15, 0.2) is 9.64 Å². The lowest BCUT2D eigenvalue weighted by molar-refractivity contribution is -0.136. The van der Waals surface area contributed by atoms with E-state index in [0.29, 0.717) is 16.9 Å². The number of carbonyl (C=O) groups is 1. The van der Waals surface area contributed by atoms with Crippen LogP contribution in [-0.2, 0) is 4.79 Å². The Labute approximate surface area is 97.6 Å². The zero-order chi connectivity index (χ0) is 11.4. The van der Waals surface area contributed by atoms with Gasteiger partial charge < -0.3 is 9.52 Å². The topological polar surface area (TPSA) is 76.2 Å². The van der Waals surface area contributed by atoms with Gasteiger partial charge in [-0.15, -0.1) is 10.2 Å². The van der Waals surface area contributed by atoms with Gasteiger partial charge in [-0.2, -0.15) is 0 Å². The minimum absolute atomic E-state index is 0.117. The van der Waals surface area contributed by atoms with Crippen LogP contribution < -0.4 is 0 Å². The number of nitrogens with zero attached hydrogens (tertiary/aromatic N) is 2. The Morgan fingerprint density at radius 2 is 2.19 bits per heavy atom. The maximum atomic E-state index is 10.3. The van der Waals surface area contributed by atoms with E-state index in [1.807, 2.05) is 0 Å². The highest BCUT2D eigenvalue weighted by Crippen LogP contribution is 2.34. The molecule has 1 aromatic rings. The van der Waals surface area contributed by atoms with Crippen LogP contribution >= 0.6 is 11.8 Å². The standard InChI is InChI=1S/C10H14N2O3S/c13-8(14)5-6-16-10-12-11-9(15-10)7-3-1-2-4-7/h7H,1-6H2,(H,13,14). The first kappa shape index (κ1) is 11.4. The van der Waals surface area contributed by atoms with Gasteiger partial charge in [-0.25, -0.2) is 0 Å². The number of hydrogen-bond donors (Lipinski definition) is 1. The zero-order valence-corrected chi connectivity index (χ0v) is 9.70. The molecule has 5 nitrogen and oxygen atoms in total. The van der Waals surface area contributed by atoms with Crippen molar-refractivity contribution in [3.63, 3.8) is 0 Å². The van der Waals surface area contributed by atoms with E-state index in [9.17, 15) is 4.79 Å². The number of rotatable bonds is 5. The first-order chi connectivity index (χ1) is 7.75. The largest absolute Gasteiger partial charge is 0.481 e. The molecule has 6 heteroatoms. The van der Waals surface area contributed by atoms with Gasteiger partial charge in [0, 0.05) is 11.7 Å². The van der Waals surface area contributed by atoms with Crippen LogP contribution in [0.5, 0.6) is 0 Å². The highest BCUT2D eigenvalue weighted by molar-refractivity contribution is 7.99. The van der Waals surface area contributed by atoms with Gasteiger partial charge >= 0.3 is 5.97 Å². The molecule has 0 aromatic carbocycles. The molecule has 0 amide bonds. The Hall–Kier alpha value is -1.04. The summed E-state index contributed by atoms with van der Waals surface area (Å²) in [6, 6.07) is 0. The Kier molecular flexibility index (Phi) is 3.82. The summed E-state index contributed by atoms with van der Waals surface area (Å²) in [6.07, 6.45) is 4.83. The molecule has 1 heterocycles. The van der Waals surface area contributed by atoms with Crippen LogP contribution in [0.4, 0.5) is 0 Å². The molecule has 2 rings (SSSR count). The van der Waals surface area contributed by atoms with Crippen molar-refractivity contribution in [1.29, 1.82) is 0 Å². The minimum Gasteiger partial charge on any atom is -0.481 e. The number of hydrogen-bond acceptors (Lipinski definition) is 5. The summed E-state index contributed by atoms with van der Waals surface area (Å²) in [4.78, 5) is 10.3. The van der Waals surface area contributed by atoms with Crippen LogP contribution in [0.2, 0.25) is 0 Å². The van der Waals surface area contributed by atoms with E-state index < -0.39 is 5.97 Å². The molecular formula is C10H14N2O3S. The van der Waals surface area contributed by atoms with Crippen LogP contribution in [-0.4, -0.2) is 27.0 Å². The SMILES string of the molecule is O=C(O)CCSc1nnc(C2CCCC2)o1. The van der Waals surface area contributed by atoms with Crippen molar-refractivity contribution in [2.45, 2.75) is 43.2 Å². The zero-order valence-electron chi connectivity index (χ0n) is 8.89. The lowest BCUT2D eigenvalue weighted by atomic mass is 10.1. The van der Waals surface area contributed by atoms with E-state index in [-0.39, 0.29) is 6.42 Å². The minimum atomic E-state index is -0.803. The van der Waals surface area contributed by atoms with Gasteiger partial charge in [-0.1, -0.05) is 24.6 Å². The lowest BCUT2D eigenvalue weighted by Gasteiger charge is -2.00. The predicted molar refractivity (Wildman–Crippen MR) is 58.5 cm³/mol. The maximum absolute atomic E-state index is 10.3. The van der Waals surface area contributed by atoms with Crippen molar-refractivity contribution in [2.24, 2.45) is 0 Å². The fraction of sp³-hybridized carbons (Fsp3) is 0.700. The maximum Gasteiger partial charge on any atom is 0.304 e. The molecule has 0 unspecified atom stereocenters. The monoisotopic (exact) mass is 242 g/mol. The predicted octanol–water partition coefficient (Wildman–Crippen LogP) is 2.29. The number of carboxylic acid groups (broad SMARTS) is 1. The molecule has 1 aliphatic carbocycles. The smallest absolute Gasteiger partial charge is 0.304 e. The van der Waals surface area contributed by atoms with Gasteiger partial charge in [0.1, 0.15) is 0 Å². The Morgan fingerprint density at radius 1 is 1.44 bits per heavy atom. The molecular weight excluding hydrogens is 228 g/mol. The summed E-state index contributed by atoms with van der Waals surface area (Å²) in [5.41, 5.74) is 0. The average molecular weight is 242 g/mol. The molecule has 1 aliphatic rings. The van der Waals surface area contributed by atoms with E-state index in [1.165, 1.54) is 24.6 Å². The fourth-order valence-electron chi connectivity index (χ4n) is 1.84. The number of carboxylic acids is 1. The highest BCUT2D eigenvalue weighted by Gasteiger charge is 2.22. The second-order valence-electron chi connectivity index (χ2n) is 3.88. The van der Waals surface area contributed by atoms with Gasteiger partial charge in [0.2, 0.25) is 5.89 Å². The molecule has 16 heavy (non-hydrogen) atoms. The summed E-state index contributed by atoms with van der Waals surface area (Å²) in [6.45, 7) is 0. The van der Waals surface area contributed by atoms with Crippen LogP contribution in [0.1, 0.15) is 43.9 Å². The summed E-state index contributed by atoms with van der Waals surface area (Å²) in [7, 11) is 0. The quantitative estimate of drug-likeness (QED) is 0.798. The average Bonchev–Trinajstić information content (AvgIpc) is 2.85. The number of thioether (sulfide) groups is 1. The third kappa shape index (κ3) is 2.98. The van der Waals surface area contributed by atoms with Crippen molar-refractivity contribution in [3.8, 4) is 0 Å². The van der Waals surface area contributed by atoms with Crippen LogP contribution in [0.25, 0.3) is 0 Å². The molecule has 0 atom stereocenters. The van der Waals surface area contributed by atoms with Gasteiger partial charge in [-0.05, 0) is 12.8 Å². The molecule has 0 saturated heterocycles. The molecule has 1 saturated carbocycles. The van der Waals surface area contributed by atoms with Crippen molar-refractivity contribution < 1.29 is 14.3 Å². The molecule has 0 spiro atoms. The Balaban J connectivity index is 1.84. The molecule has 1 N–H and O–H groups in total. The summed E-state index contributed by atoms with van der Waals surface area (Å²) in [5.74, 6) is 0.807. The van der Waals surface area contributed by atoms with Crippen molar-refractivity contribution in [2.75, 3.05) is 5.75 Å². The second-order valence-corrected chi connectivity index (χ2v) is 4.93. The lowest BCUT2D eigenvalue weighted by Crippen LogP contribution is -1.95. The Bertz CT molecular complexity index is 361. The summed E-state index contributed by atoms with van der Waals surface area (Å²) in [5, 5.41) is 16.9. The molecule has 0 bridgehead atoms. The normalized spacial score (nSPS) is 16.8. The third-order valence-corrected chi connectivity index (χ3v) is 3.49. The molecule has 0 aliphatic heterocycles. The first-order valence-electron chi connectivity index (χ1n) is 5.43. The summed E-state index contributed by atoms with van der Waals surface area (Å²) >= 11 is 1.31. The van der Waals surface area contributed by atoms with Crippen molar-refractivity contribution in [3.05, 3.63) is 5.89 Å². The molecule has 1 fully saturated rings. The second kappa shape index (κ2) is 5.34. The van der Waals surface area contributed by atoms with Crippen LogP contribution in [0, 0.1) is 0 Å². The summed E-state index contributed by atoms with van der Waals surface area (Å²) < 4.78 is 5.50. The molecule has 88 valence electrons. The van der Waals surface area contributed by atoms with E-state index >= 15 is 0 Å². The van der Waals surface area contributed by atoms with E-state index in [0.717, 1.165) is 18.7 Å². The van der Waals surface area contributed by atoms with E-state index in [2.05, 4.69) is 10.2 Å². The van der Waals surface area contributed by atoms with Gasteiger partial charge in [-0.3, -0.25) is 4.79 Å². The Morgan fingerprint density at radius 3 is 2.88 bits per heavy atom. The van der Waals surface area contributed by atoms with E-state index in [4.69, 9.17) is 9.52 Å². The van der Waals surface area contributed by atoms with Crippen molar-refractivity contribution in [1.82, 2.24) is 10.2 Å². The molecule has 0 radical (unpaired) electrons. The van der Waals surface area contributed by atoms with Gasteiger partial charge in [0.05, 0.1) is 6.42 Å². The van der Waals surface area contributed by atoms with Gasteiger partial charge in [0.25, 0.3) is 5.22 Å². The van der Waals surface area contributed by atoms with Crippen LogP contribution in [0.3, 0.4) is 0 Å². The number of aromatic nitrogens is 2. The highest BCUT2D eigenvalue weighted by atomic mass is 32.2. The molecule has 1 aromatic heterocycles.